The molecule has 4 nitrogen and oxygen atoms in total. The zero-order chi connectivity index (χ0) is 16.8. The van der Waals surface area contributed by atoms with Gasteiger partial charge in [0.15, 0.2) is 0 Å². The summed E-state index contributed by atoms with van der Waals surface area (Å²) >= 11 is 6.23. The van der Waals surface area contributed by atoms with Crippen molar-refractivity contribution in [2.24, 2.45) is 0 Å². The fraction of sp³-hybridized carbons (Fsp3) is 0.211. The molecule has 4 rings (SSSR count). The molecule has 122 valence electrons. The van der Waals surface area contributed by atoms with Crippen molar-refractivity contribution in [2.45, 2.75) is 18.9 Å². The third-order valence-electron chi connectivity index (χ3n) is 4.74. The quantitative estimate of drug-likeness (QED) is 0.706. The van der Waals surface area contributed by atoms with Gasteiger partial charge in [-0.15, -0.1) is 0 Å². The maximum Gasteiger partial charge on any atom is 0.337 e. The van der Waals surface area contributed by atoms with Gasteiger partial charge in [0.1, 0.15) is 0 Å². The highest BCUT2D eigenvalue weighted by atomic mass is 35.5. The predicted molar refractivity (Wildman–Crippen MR) is 92.9 cm³/mol. The van der Waals surface area contributed by atoms with E-state index in [1.165, 1.54) is 7.11 Å². The molecule has 1 atom stereocenters. The van der Waals surface area contributed by atoms with E-state index in [0.717, 1.165) is 29.4 Å². The molecule has 0 aliphatic heterocycles. The van der Waals surface area contributed by atoms with E-state index in [2.05, 4.69) is 0 Å². The molecule has 3 aromatic rings. The maximum atomic E-state index is 11.7. The van der Waals surface area contributed by atoms with Gasteiger partial charge in [-0.25, -0.2) is 4.79 Å². The number of hydrogen-bond acceptors (Lipinski definition) is 3. The van der Waals surface area contributed by atoms with Gasteiger partial charge in [0.05, 0.1) is 29.1 Å². The van der Waals surface area contributed by atoms with Crippen molar-refractivity contribution < 1.29 is 14.6 Å². The number of methoxy groups -OCH3 is 1. The molecular weight excluding hydrogens is 326 g/mol. The maximum absolute atomic E-state index is 11.7. The van der Waals surface area contributed by atoms with Gasteiger partial charge in [-0.2, -0.15) is 0 Å². The number of halogens is 1. The van der Waals surface area contributed by atoms with Crippen LogP contribution in [0.1, 0.15) is 33.9 Å². The molecule has 1 aliphatic carbocycles. The van der Waals surface area contributed by atoms with Crippen LogP contribution in [0.3, 0.4) is 0 Å². The molecule has 0 saturated heterocycles. The Morgan fingerprint density at radius 2 is 2.17 bits per heavy atom. The highest BCUT2D eigenvalue weighted by molar-refractivity contribution is 6.36. The van der Waals surface area contributed by atoms with Crippen molar-refractivity contribution in [2.75, 3.05) is 7.11 Å². The number of aromatic nitrogens is 1. The number of benzene rings is 2. The normalized spacial score (nSPS) is 16.3. The van der Waals surface area contributed by atoms with Crippen LogP contribution in [0.15, 0.2) is 42.6 Å². The molecule has 0 bridgehead atoms. The number of carbonyl (C=O) groups is 1. The van der Waals surface area contributed by atoms with E-state index in [-0.39, 0.29) is 17.9 Å². The first-order chi connectivity index (χ1) is 11.6. The lowest BCUT2D eigenvalue weighted by Gasteiger charge is -2.15. The number of fused-ring (bicyclic) bond motifs is 2. The van der Waals surface area contributed by atoms with Crippen molar-refractivity contribution in [3.05, 3.63) is 64.3 Å². The van der Waals surface area contributed by atoms with Crippen LogP contribution >= 0.6 is 11.6 Å². The molecule has 1 aliphatic rings. The van der Waals surface area contributed by atoms with E-state index >= 15 is 0 Å². The third-order valence-corrected chi connectivity index (χ3v) is 5.05. The number of nitrogens with zero attached hydrogens (tertiary/aromatic N) is 1. The number of rotatable bonds is 2. The largest absolute Gasteiger partial charge is 0.494 e. The minimum absolute atomic E-state index is 0.0372. The van der Waals surface area contributed by atoms with Gasteiger partial charge in [0.25, 0.3) is 0 Å². The van der Waals surface area contributed by atoms with Crippen LogP contribution in [0.2, 0.25) is 5.02 Å². The molecule has 2 aromatic carbocycles. The summed E-state index contributed by atoms with van der Waals surface area (Å²) < 4.78 is 6.66. The molecule has 0 fully saturated rings. The molecule has 5 heteroatoms. The first-order valence-electron chi connectivity index (χ1n) is 7.79. The smallest absolute Gasteiger partial charge is 0.337 e. The summed E-state index contributed by atoms with van der Waals surface area (Å²) in [5.41, 5.74) is 2.79. The zero-order valence-electron chi connectivity index (χ0n) is 13.1. The van der Waals surface area contributed by atoms with Crippen molar-refractivity contribution in [3.63, 3.8) is 0 Å². The minimum atomic E-state index is -0.331. The number of hydrogen-bond donors (Lipinski definition) is 1. The lowest BCUT2D eigenvalue weighted by molar-refractivity contribution is 0.0600. The van der Waals surface area contributed by atoms with Crippen LogP contribution in [0.4, 0.5) is 0 Å². The van der Waals surface area contributed by atoms with Gasteiger partial charge in [-0.1, -0.05) is 29.8 Å². The van der Waals surface area contributed by atoms with E-state index in [0.29, 0.717) is 16.0 Å². The Balaban J connectivity index is 1.80. The summed E-state index contributed by atoms with van der Waals surface area (Å²) in [5, 5.41) is 12.8. The van der Waals surface area contributed by atoms with Crippen molar-refractivity contribution in [3.8, 4) is 5.88 Å². The van der Waals surface area contributed by atoms with Crippen LogP contribution in [0.5, 0.6) is 5.88 Å². The first-order valence-corrected chi connectivity index (χ1v) is 8.17. The van der Waals surface area contributed by atoms with E-state index in [9.17, 15) is 9.90 Å². The SMILES string of the molecule is COC(=O)c1ccc2c(c1)CC[C@H]2n1cc2cccc(Cl)c2c1O. The first kappa shape index (κ1) is 15.1. The second-order valence-corrected chi connectivity index (χ2v) is 6.43. The van der Waals surface area contributed by atoms with Crippen LogP contribution in [-0.2, 0) is 11.2 Å². The Morgan fingerprint density at radius 3 is 2.92 bits per heavy atom. The van der Waals surface area contributed by atoms with Gasteiger partial charge < -0.3 is 14.4 Å². The molecule has 0 amide bonds. The van der Waals surface area contributed by atoms with Gasteiger partial charge in [0, 0.05) is 11.6 Å². The highest BCUT2D eigenvalue weighted by Crippen LogP contribution is 2.42. The lowest BCUT2D eigenvalue weighted by Crippen LogP contribution is -2.06. The van der Waals surface area contributed by atoms with Gasteiger partial charge >= 0.3 is 5.97 Å². The van der Waals surface area contributed by atoms with Crippen LogP contribution in [0.25, 0.3) is 10.8 Å². The molecule has 0 unspecified atom stereocenters. The van der Waals surface area contributed by atoms with E-state index in [1.807, 2.05) is 35.0 Å². The summed E-state index contributed by atoms with van der Waals surface area (Å²) in [6.45, 7) is 0. The molecule has 0 spiro atoms. The Labute approximate surface area is 144 Å². The second-order valence-electron chi connectivity index (χ2n) is 6.02. The fourth-order valence-corrected chi connectivity index (χ4v) is 3.86. The van der Waals surface area contributed by atoms with Crippen molar-refractivity contribution >= 4 is 28.3 Å². The van der Waals surface area contributed by atoms with Crippen LogP contribution in [0, 0.1) is 0 Å². The van der Waals surface area contributed by atoms with E-state index in [4.69, 9.17) is 16.3 Å². The number of aromatic hydroxyl groups is 1. The summed E-state index contributed by atoms with van der Waals surface area (Å²) in [6.07, 6.45) is 3.66. The third kappa shape index (κ3) is 2.18. The monoisotopic (exact) mass is 341 g/mol. The standard InChI is InChI=1S/C19H16ClNO3/c1-24-19(23)12-5-7-14-11(9-12)6-8-16(14)21-10-13-3-2-4-15(20)17(13)18(21)22/h2-5,7,9-10,16,22H,6,8H2,1H3/t16-/m1/s1. The highest BCUT2D eigenvalue weighted by Gasteiger charge is 2.27. The number of esters is 1. The molecule has 0 saturated carbocycles. The topological polar surface area (TPSA) is 51.5 Å². The van der Waals surface area contributed by atoms with Crippen LogP contribution < -0.4 is 0 Å². The summed E-state index contributed by atoms with van der Waals surface area (Å²) in [7, 11) is 1.38. The van der Waals surface area contributed by atoms with Crippen molar-refractivity contribution in [1.29, 1.82) is 0 Å². The molecule has 1 aromatic heterocycles. The average molecular weight is 342 g/mol. The number of ether oxygens (including phenoxy) is 1. The lowest BCUT2D eigenvalue weighted by atomic mass is 10.0. The Kier molecular flexibility index (Phi) is 3.50. The molecule has 1 heterocycles. The minimum Gasteiger partial charge on any atom is -0.494 e. The number of carbonyl (C=O) groups excluding carboxylic acids is 1. The molecule has 1 N–H and O–H groups in total. The van der Waals surface area contributed by atoms with E-state index in [1.54, 1.807) is 12.1 Å². The fourth-order valence-electron chi connectivity index (χ4n) is 3.59. The predicted octanol–water partition coefficient (Wildman–Crippen LogP) is 4.32. The zero-order valence-corrected chi connectivity index (χ0v) is 13.9. The summed E-state index contributed by atoms with van der Waals surface area (Å²) in [5.74, 6) is -0.145. The molecule has 24 heavy (non-hydrogen) atoms. The second kappa shape index (κ2) is 5.56. The van der Waals surface area contributed by atoms with E-state index < -0.39 is 0 Å². The summed E-state index contributed by atoms with van der Waals surface area (Å²) in [6, 6.07) is 11.2. The van der Waals surface area contributed by atoms with Gasteiger partial charge in [-0.3, -0.25) is 0 Å². The molecule has 0 radical (unpaired) electrons. The summed E-state index contributed by atoms with van der Waals surface area (Å²) in [4.78, 5) is 11.7. The van der Waals surface area contributed by atoms with Crippen LogP contribution in [-0.4, -0.2) is 22.8 Å². The number of aryl methyl sites for hydroxylation is 1. The van der Waals surface area contributed by atoms with Gasteiger partial charge in [0.2, 0.25) is 5.88 Å². The average Bonchev–Trinajstić information content (AvgIpc) is 3.15. The van der Waals surface area contributed by atoms with Crippen molar-refractivity contribution in [1.82, 2.24) is 4.57 Å². The Bertz CT molecular complexity index is 961. The Morgan fingerprint density at radius 1 is 1.33 bits per heavy atom. The molecular formula is C19H16ClNO3. The Hall–Kier alpha value is -2.46. The van der Waals surface area contributed by atoms with Gasteiger partial charge in [-0.05, 0) is 42.2 Å².